The van der Waals surface area contributed by atoms with Gasteiger partial charge in [-0.1, -0.05) is 60.1 Å². The zero-order valence-corrected chi connectivity index (χ0v) is 11.8. The summed E-state index contributed by atoms with van der Waals surface area (Å²) in [5.41, 5.74) is 0. The van der Waals surface area contributed by atoms with E-state index >= 15 is 0 Å². The monoisotopic (exact) mass is 290 g/mol. The van der Waals surface area contributed by atoms with Crippen LogP contribution in [0, 0.1) is 0 Å². The van der Waals surface area contributed by atoms with Gasteiger partial charge in [-0.3, -0.25) is 0 Å². The molecule has 0 bridgehead atoms. The number of hydrogen-bond acceptors (Lipinski definition) is 0. The Morgan fingerprint density at radius 2 is 1.67 bits per heavy atom. The van der Waals surface area contributed by atoms with Crippen molar-refractivity contribution >= 4 is 46.4 Å². The Morgan fingerprint density at radius 1 is 1.07 bits per heavy atom. The van der Waals surface area contributed by atoms with Gasteiger partial charge in [-0.2, -0.15) is 0 Å². The first-order valence-corrected chi connectivity index (χ1v) is 6.84. The van der Waals surface area contributed by atoms with Crippen LogP contribution in [0.1, 0.15) is 44.9 Å². The van der Waals surface area contributed by atoms with Crippen molar-refractivity contribution in [2.24, 2.45) is 0 Å². The van der Waals surface area contributed by atoms with Crippen molar-refractivity contribution in [2.75, 3.05) is 0 Å². The van der Waals surface area contributed by atoms with E-state index in [9.17, 15) is 0 Å². The minimum absolute atomic E-state index is 0.0306. The molecular weight excluding hydrogens is 274 g/mol. The molecule has 0 fully saturated rings. The summed E-state index contributed by atoms with van der Waals surface area (Å²) < 4.78 is -1.21. The molecule has 4 heteroatoms. The van der Waals surface area contributed by atoms with Gasteiger partial charge in [0.15, 0.2) is 3.79 Å². The number of unbranched alkanes of at least 4 members (excludes halogenated alkanes) is 4. The molecule has 15 heavy (non-hydrogen) atoms. The fraction of sp³-hybridized carbons (Fsp3) is 0.818. The summed E-state index contributed by atoms with van der Waals surface area (Å²) in [5.74, 6) is 0. The average molecular weight is 292 g/mol. The lowest BCUT2D eigenvalue weighted by Crippen LogP contribution is -2.11. The molecule has 0 aromatic rings. The fourth-order valence-corrected chi connectivity index (χ4v) is 2.54. The van der Waals surface area contributed by atoms with E-state index in [1.165, 1.54) is 19.3 Å². The van der Waals surface area contributed by atoms with Gasteiger partial charge in [-0.15, -0.1) is 18.2 Å². The van der Waals surface area contributed by atoms with Crippen molar-refractivity contribution in [1.29, 1.82) is 0 Å². The molecule has 0 nitrogen and oxygen atoms in total. The summed E-state index contributed by atoms with van der Waals surface area (Å²) in [5, 5.41) is -0.0306. The van der Waals surface area contributed by atoms with E-state index in [0.29, 0.717) is 6.42 Å². The smallest absolute Gasteiger partial charge is 0.123 e. The Kier molecular flexibility index (Phi) is 9.52. The van der Waals surface area contributed by atoms with Gasteiger partial charge in [0.1, 0.15) is 0 Å². The van der Waals surface area contributed by atoms with Crippen LogP contribution in [-0.4, -0.2) is 9.17 Å². The molecule has 0 saturated heterocycles. The SMILES string of the molecule is C=CCCCCCCC(Cl)CC(Cl)(Cl)Cl. The zero-order chi connectivity index (χ0) is 11.7. The quantitative estimate of drug-likeness (QED) is 0.297. The molecule has 0 spiro atoms. The standard InChI is InChI=1S/C11H18Cl4/c1-2-3-4-5-6-7-8-10(12)9-11(13,14)15/h2,10H,1,3-9H2. The van der Waals surface area contributed by atoms with Crippen molar-refractivity contribution in [2.45, 2.75) is 54.1 Å². The van der Waals surface area contributed by atoms with Gasteiger partial charge in [0, 0.05) is 11.8 Å². The lowest BCUT2D eigenvalue weighted by Gasteiger charge is -2.15. The van der Waals surface area contributed by atoms with Crippen molar-refractivity contribution in [1.82, 2.24) is 0 Å². The van der Waals surface area contributed by atoms with Gasteiger partial charge in [-0.25, -0.2) is 0 Å². The third-order valence-corrected chi connectivity index (χ3v) is 2.96. The maximum absolute atomic E-state index is 6.04. The number of rotatable bonds is 8. The topological polar surface area (TPSA) is 0 Å². The van der Waals surface area contributed by atoms with Crippen LogP contribution < -0.4 is 0 Å². The van der Waals surface area contributed by atoms with Crippen LogP contribution in [0.3, 0.4) is 0 Å². The first kappa shape index (κ1) is 15.9. The molecule has 0 rings (SSSR count). The van der Waals surface area contributed by atoms with E-state index in [-0.39, 0.29) is 5.38 Å². The van der Waals surface area contributed by atoms with Crippen LogP contribution in [0.2, 0.25) is 0 Å². The summed E-state index contributed by atoms with van der Waals surface area (Å²) in [6.07, 6.45) is 9.12. The molecule has 90 valence electrons. The Morgan fingerprint density at radius 3 is 2.20 bits per heavy atom. The van der Waals surface area contributed by atoms with Gasteiger partial charge >= 0.3 is 0 Å². The third kappa shape index (κ3) is 12.8. The Labute approximate surface area is 113 Å². The molecule has 0 aliphatic carbocycles. The number of halogens is 4. The summed E-state index contributed by atoms with van der Waals surface area (Å²) in [6, 6.07) is 0. The molecule has 0 amide bonds. The van der Waals surface area contributed by atoms with Crippen molar-refractivity contribution in [3.8, 4) is 0 Å². The second-order valence-electron chi connectivity index (χ2n) is 3.70. The summed E-state index contributed by atoms with van der Waals surface area (Å²) in [4.78, 5) is 0. The summed E-state index contributed by atoms with van der Waals surface area (Å²) in [6.45, 7) is 3.68. The highest BCUT2D eigenvalue weighted by atomic mass is 35.6. The predicted octanol–water partition coefficient (Wildman–Crippen LogP) is 5.88. The van der Waals surface area contributed by atoms with E-state index in [2.05, 4.69) is 6.58 Å². The van der Waals surface area contributed by atoms with Gasteiger partial charge in [0.2, 0.25) is 0 Å². The normalized spacial score (nSPS) is 13.9. The Hall–Kier alpha value is 0.900. The van der Waals surface area contributed by atoms with Crippen LogP contribution in [0.25, 0.3) is 0 Å². The van der Waals surface area contributed by atoms with E-state index in [1.807, 2.05) is 6.08 Å². The minimum atomic E-state index is -1.21. The second-order valence-corrected chi connectivity index (χ2v) is 6.83. The highest BCUT2D eigenvalue weighted by molar-refractivity contribution is 6.67. The van der Waals surface area contributed by atoms with Crippen molar-refractivity contribution in [3.05, 3.63) is 12.7 Å². The van der Waals surface area contributed by atoms with Crippen LogP contribution in [0.15, 0.2) is 12.7 Å². The van der Waals surface area contributed by atoms with E-state index in [0.717, 1.165) is 19.3 Å². The fourth-order valence-electron chi connectivity index (χ4n) is 1.36. The number of alkyl halides is 4. The number of allylic oxidation sites excluding steroid dienone is 1. The highest BCUT2D eigenvalue weighted by Gasteiger charge is 2.23. The predicted molar refractivity (Wildman–Crippen MR) is 72.4 cm³/mol. The van der Waals surface area contributed by atoms with E-state index < -0.39 is 3.79 Å². The van der Waals surface area contributed by atoms with Gasteiger partial charge in [0.25, 0.3) is 0 Å². The molecule has 0 aliphatic rings. The molecular formula is C11H18Cl4. The average Bonchev–Trinajstić information content (AvgIpc) is 2.08. The van der Waals surface area contributed by atoms with Crippen LogP contribution in [0.4, 0.5) is 0 Å². The van der Waals surface area contributed by atoms with Crippen molar-refractivity contribution in [3.63, 3.8) is 0 Å². The Bertz CT molecular complexity index is 162. The van der Waals surface area contributed by atoms with E-state index in [1.54, 1.807) is 0 Å². The Balaban J connectivity index is 3.31. The maximum Gasteiger partial charge on any atom is 0.192 e. The molecule has 0 heterocycles. The van der Waals surface area contributed by atoms with Crippen LogP contribution in [-0.2, 0) is 0 Å². The molecule has 1 atom stereocenters. The molecule has 0 aromatic heterocycles. The van der Waals surface area contributed by atoms with E-state index in [4.69, 9.17) is 46.4 Å². The largest absolute Gasteiger partial charge is 0.192 e. The minimum Gasteiger partial charge on any atom is -0.123 e. The lowest BCUT2D eigenvalue weighted by atomic mass is 10.1. The van der Waals surface area contributed by atoms with Gasteiger partial charge in [0.05, 0.1) is 0 Å². The van der Waals surface area contributed by atoms with Crippen molar-refractivity contribution < 1.29 is 0 Å². The highest BCUT2D eigenvalue weighted by Crippen LogP contribution is 2.34. The summed E-state index contributed by atoms with van der Waals surface area (Å²) in [7, 11) is 0. The molecule has 0 saturated carbocycles. The molecule has 0 aromatic carbocycles. The molecule has 0 N–H and O–H groups in total. The third-order valence-electron chi connectivity index (χ3n) is 2.13. The second kappa shape index (κ2) is 8.98. The zero-order valence-electron chi connectivity index (χ0n) is 8.82. The lowest BCUT2D eigenvalue weighted by molar-refractivity contribution is 0.589. The van der Waals surface area contributed by atoms with Gasteiger partial charge in [-0.05, 0) is 19.3 Å². The molecule has 0 aliphatic heterocycles. The first-order chi connectivity index (χ1) is 6.95. The van der Waals surface area contributed by atoms with Crippen LogP contribution in [0.5, 0.6) is 0 Å². The van der Waals surface area contributed by atoms with Gasteiger partial charge < -0.3 is 0 Å². The molecule has 1 unspecified atom stereocenters. The first-order valence-electron chi connectivity index (χ1n) is 5.27. The summed E-state index contributed by atoms with van der Waals surface area (Å²) >= 11 is 23.0. The number of hydrogen-bond donors (Lipinski definition) is 0. The maximum atomic E-state index is 6.04. The molecule has 0 radical (unpaired) electrons. The van der Waals surface area contributed by atoms with Crippen LogP contribution >= 0.6 is 46.4 Å².